The fraction of sp³-hybridized carbons (Fsp3) is 0.368. The predicted octanol–water partition coefficient (Wildman–Crippen LogP) is 4.20. The minimum Gasteiger partial charge on any atom is -0.347 e. The number of carbonyl (C=O) groups excluding carboxylic acids is 1. The minimum atomic E-state index is -4.29. The lowest BCUT2D eigenvalue weighted by Gasteiger charge is -2.18. The van der Waals surface area contributed by atoms with Crippen LogP contribution in [-0.2, 0) is 4.79 Å². The number of halogens is 3. The van der Waals surface area contributed by atoms with Gasteiger partial charge in [0.15, 0.2) is 0 Å². The molecule has 1 amide bonds. The van der Waals surface area contributed by atoms with Crippen molar-refractivity contribution in [3.8, 4) is 11.3 Å². The van der Waals surface area contributed by atoms with Crippen molar-refractivity contribution in [2.75, 3.05) is 0 Å². The molecule has 1 saturated carbocycles. The summed E-state index contributed by atoms with van der Waals surface area (Å²) in [5.74, 6) is -0.389. The first kappa shape index (κ1) is 21.9. The van der Waals surface area contributed by atoms with E-state index in [4.69, 9.17) is 5.41 Å². The SMILES string of the molecule is CC(=N)c1nc(-c2cccnc2)cc(C)c1S.O=CNC(C1CC1)C(F)(F)F. The monoisotopic (exact) mass is 410 g/mol. The van der Waals surface area contributed by atoms with Crippen LogP contribution in [0.15, 0.2) is 35.5 Å². The molecule has 9 heteroatoms. The number of aryl methyl sites for hydroxylation is 1. The normalized spacial score (nSPS) is 14.5. The summed E-state index contributed by atoms with van der Waals surface area (Å²) in [6, 6.07) is 4.17. The van der Waals surface area contributed by atoms with Gasteiger partial charge >= 0.3 is 6.18 Å². The van der Waals surface area contributed by atoms with Crippen LogP contribution in [0.5, 0.6) is 0 Å². The van der Waals surface area contributed by atoms with Crippen LogP contribution in [0.4, 0.5) is 13.2 Å². The van der Waals surface area contributed by atoms with E-state index < -0.39 is 12.2 Å². The van der Waals surface area contributed by atoms with E-state index in [1.54, 1.807) is 24.6 Å². The number of nitrogens with one attached hydrogen (secondary N) is 2. The van der Waals surface area contributed by atoms with Crippen molar-refractivity contribution >= 4 is 24.8 Å². The quantitative estimate of drug-likeness (QED) is 0.393. The molecule has 2 N–H and O–H groups in total. The van der Waals surface area contributed by atoms with Crippen molar-refractivity contribution in [3.05, 3.63) is 41.9 Å². The van der Waals surface area contributed by atoms with Crippen LogP contribution in [0.25, 0.3) is 11.3 Å². The van der Waals surface area contributed by atoms with Gasteiger partial charge in [0.1, 0.15) is 6.04 Å². The largest absolute Gasteiger partial charge is 0.408 e. The lowest BCUT2D eigenvalue weighted by molar-refractivity contribution is -0.162. The van der Waals surface area contributed by atoms with Gasteiger partial charge < -0.3 is 10.7 Å². The number of pyridine rings is 2. The van der Waals surface area contributed by atoms with Gasteiger partial charge in [-0.2, -0.15) is 13.2 Å². The molecule has 28 heavy (non-hydrogen) atoms. The average Bonchev–Trinajstić information content (AvgIpc) is 3.46. The van der Waals surface area contributed by atoms with Crippen molar-refractivity contribution in [1.82, 2.24) is 15.3 Å². The van der Waals surface area contributed by atoms with Gasteiger partial charge in [-0.15, -0.1) is 12.6 Å². The average molecular weight is 410 g/mol. The molecule has 2 aromatic rings. The van der Waals surface area contributed by atoms with Crippen molar-refractivity contribution in [1.29, 1.82) is 5.41 Å². The highest BCUT2D eigenvalue weighted by molar-refractivity contribution is 7.80. The molecular weight excluding hydrogens is 389 g/mol. The second-order valence-corrected chi connectivity index (χ2v) is 6.98. The fourth-order valence-electron chi connectivity index (χ4n) is 2.59. The molecule has 1 aliphatic carbocycles. The zero-order chi connectivity index (χ0) is 20.9. The van der Waals surface area contributed by atoms with E-state index in [0.717, 1.165) is 21.7 Å². The lowest BCUT2D eigenvalue weighted by atomic mass is 10.1. The van der Waals surface area contributed by atoms with E-state index in [2.05, 4.69) is 22.6 Å². The summed E-state index contributed by atoms with van der Waals surface area (Å²) in [4.78, 5) is 19.1. The highest BCUT2D eigenvalue weighted by Crippen LogP contribution is 2.39. The summed E-state index contributed by atoms with van der Waals surface area (Å²) in [5.41, 5.74) is 3.85. The number of hydrogen-bond donors (Lipinski definition) is 3. The molecular formula is C19H21F3N4OS. The van der Waals surface area contributed by atoms with Gasteiger partial charge in [-0.3, -0.25) is 9.78 Å². The Hall–Kier alpha value is -2.42. The van der Waals surface area contributed by atoms with Crippen LogP contribution >= 0.6 is 12.6 Å². The van der Waals surface area contributed by atoms with E-state index in [1.807, 2.05) is 25.1 Å². The lowest BCUT2D eigenvalue weighted by Crippen LogP contribution is -2.43. The van der Waals surface area contributed by atoms with Crippen molar-refractivity contribution in [2.45, 2.75) is 43.8 Å². The predicted molar refractivity (Wildman–Crippen MR) is 104 cm³/mol. The molecule has 3 rings (SSSR count). The molecule has 1 atom stereocenters. The third-order valence-corrected chi connectivity index (χ3v) is 4.75. The Morgan fingerprint density at radius 1 is 1.43 bits per heavy atom. The van der Waals surface area contributed by atoms with Crippen LogP contribution in [-0.4, -0.2) is 34.3 Å². The molecule has 0 aromatic carbocycles. The topological polar surface area (TPSA) is 78.7 Å². The van der Waals surface area contributed by atoms with Crippen LogP contribution in [0.3, 0.4) is 0 Å². The number of nitrogens with zero attached hydrogens (tertiary/aromatic N) is 2. The van der Waals surface area contributed by atoms with E-state index >= 15 is 0 Å². The zero-order valence-electron chi connectivity index (χ0n) is 15.4. The Bertz CT molecular complexity index is 839. The zero-order valence-corrected chi connectivity index (χ0v) is 16.3. The maximum absolute atomic E-state index is 12.0. The number of amides is 1. The van der Waals surface area contributed by atoms with Gasteiger partial charge in [0, 0.05) is 22.9 Å². The van der Waals surface area contributed by atoms with Gasteiger partial charge in [0.05, 0.1) is 17.1 Å². The Morgan fingerprint density at radius 3 is 2.57 bits per heavy atom. The Balaban J connectivity index is 0.000000221. The van der Waals surface area contributed by atoms with Crippen molar-refractivity contribution < 1.29 is 18.0 Å². The van der Waals surface area contributed by atoms with E-state index in [1.165, 1.54) is 0 Å². The third kappa shape index (κ3) is 5.79. The molecule has 0 bridgehead atoms. The number of rotatable bonds is 5. The number of aromatic nitrogens is 2. The van der Waals surface area contributed by atoms with Crippen LogP contribution in [0.1, 0.15) is 31.0 Å². The van der Waals surface area contributed by atoms with Crippen LogP contribution in [0.2, 0.25) is 0 Å². The summed E-state index contributed by atoms with van der Waals surface area (Å²) in [6.45, 7) is 3.69. The molecule has 1 unspecified atom stereocenters. The van der Waals surface area contributed by atoms with E-state index in [0.29, 0.717) is 24.2 Å². The summed E-state index contributed by atoms with van der Waals surface area (Å²) in [5, 5.41) is 9.48. The molecule has 150 valence electrons. The van der Waals surface area contributed by atoms with Gasteiger partial charge in [0.2, 0.25) is 6.41 Å². The molecule has 2 heterocycles. The Kier molecular flexibility index (Phi) is 7.17. The Morgan fingerprint density at radius 2 is 2.11 bits per heavy atom. The summed E-state index contributed by atoms with van der Waals surface area (Å²) < 4.78 is 35.9. The fourth-order valence-corrected chi connectivity index (χ4v) is 2.87. The molecule has 2 aromatic heterocycles. The number of alkyl halides is 3. The van der Waals surface area contributed by atoms with Gasteiger partial charge in [-0.1, -0.05) is 0 Å². The minimum absolute atomic E-state index is 0.108. The molecule has 1 fully saturated rings. The second kappa shape index (κ2) is 9.18. The summed E-state index contributed by atoms with van der Waals surface area (Å²) in [7, 11) is 0. The highest BCUT2D eigenvalue weighted by atomic mass is 32.1. The number of carbonyl (C=O) groups is 1. The molecule has 0 saturated heterocycles. The van der Waals surface area contributed by atoms with Crippen molar-refractivity contribution in [3.63, 3.8) is 0 Å². The first-order valence-electron chi connectivity index (χ1n) is 8.58. The molecule has 1 aliphatic rings. The van der Waals surface area contributed by atoms with Gasteiger partial charge in [0.25, 0.3) is 0 Å². The number of hydrogen-bond acceptors (Lipinski definition) is 5. The summed E-state index contributed by atoms with van der Waals surface area (Å²) >= 11 is 4.39. The first-order valence-corrected chi connectivity index (χ1v) is 9.02. The summed E-state index contributed by atoms with van der Waals surface area (Å²) in [6.07, 6.45) is 0.434. The van der Waals surface area contributed by atoms with E-state index in [-0.39, 0.29) is 12.3 Å². The van der Waals surface area contributed by atoms with Crippen LogP contribution in [0, 0.1) is 18.3 Å². The van der Waals surface area contributed by atoms with Crippen molar-refractivity contribution in [2.24, 2.45) is 5.92 Å². The number of thiol groups is 1. The molecule has 5 nitrogen and oxygen atoms in total. The molecule has 0 radical (unpaired) electrons. The second-order valence-electron chi connectivity index (χ2n) is 6.53. The van der Waals surface area contributed by atoms with Gasteiger partial charge in [-0.25, -0.2) is 4.98 Å². The first-order chi connectivity index (χ1) is 13.1. The standard InChI is InChI=1S/C13H13N3S.C6H8F3NO/c1-8-6-11(10-4-3-5-15-7-10)16-12(9(2)14)13(8)17;7-6(8,9)5(10-3-11)4-1-2-4/h3-7,14,17H,1-2H3;3-5H,1-2H2,(H,10,11). The smallest absolute Gasteiger partial charge is 0.347 e. The van der Waals surface area contributed by atoms with Crippen LogP contribution < -0.4 is 5.32 Å². The molecule has 0 aliphatic heterocycles. The maximum Gasteiger partial charge on any atom is 0.408 e. The van der Waals surface area contributed by atoms with E-state index in [9.17, 15) is 18.0 Å². The Labute approximate surface area is 166 Å². The van der Waals surface area contributed by atoms with Gasteiger partial charge in [-0.05, 0) is 56.4 Å². The molecule has 0 spiro atoms. The maximum atomic E-state index is 12.0. The third-order valence-electron chi connectivity index (χ3n) is 4.19. The highest BCUT2D eigenvalue weighted by Gasteiger charge is 2.48.